The molecule has 0 radical (unpaired) electrons. The van der Waals surface area contributed by atoms with Gasteiger partial charge in [0.25, 0.3) is 0 Å². The van der Waals surface area contributed by atoms with E-state index in [0.717, 1.165) is 20.2 Å². The number of carbonyl (C=O) groups is 4. The number of carboxylic acid groups (broad SMARTS) is 2. The number of ether oxygens (including phenoxy) is 4. The zero-order chi connectivity index (χ0) is 30.8. The molecule has 1 saturated carbocycles. The number of methoxy groups -OCH3 is 2. The first kappa shape index (κ1) is 30.3. The number of rotatable bonds is 15. The molecule has 12 heteroatoms. The van der Waals surface area contributed by atoms with Gasteiger partial charge < -0.3 is 29.2 Å². The van der Waals surface area contributed by atoms with Crippen molar-refractivity contribution < 1.29 is 48.3 Å². The molecule has 0 aliphatic heterocycles. The second-order valence-corrected chi connectivity index (χ2v) is 12.5. The van der Waals surface area contributed by atoms with E-state index in [2.05, 4.69) is 0 Å². The second kappa shape index (κ2) is 12.6. The highest BCUT2D eigenvalue weighted by molar-refractivity contribution is 7.21. The molecule has 2 N–H and O–H groups in total. The zero-order valence-corrected chi connectivity index (χ0v) is 25.3. The van der Waals surface area contributed by atoms with E-state index in [9.17, 15) is 19.2 Å². The summed E-state index contributed by atoms with van der Waals surface area (Å²) < 4.78 is 24.6. The van der Waals surface area contributed by atoms with Crippen LogP contribution in [0.3, 0.4) is 0 Å². The molecule has 0 bridgehead atoms. The summed E-state index contributed by atoms with van der Waals surface area (Å²) >= 11 is 2.60. The number of carbonyl (C=O) groups excluding carboxylic acids is 2. The Hall–Kier alpha value is -4.16. The normalized spacial score (nSPS) is 16.5. The second-order valence-electron chi connectivity index (χ2n) is 10.4. The van der Waals surface area contributed by atoms with E-state index in [4.69, 9.17) is 29.2 Å². The molecule has 1 aliphatic rings. The maximum atomic E-state index is 12.7. The van der Waals surface area contributed by atoms with Crippen LogP contribution in [0.1, 0.15) is 45.5 Å². The molecule has 0 amide bonds. The minimum absolute atomic E-state index is 0.0697. The lowest BCUT2D eigenvalue weighted by Gasteiger charge is -2.13. The van der Waals surface area contributed by atoms with Crippen molar-refractivity contribution in [2.75, 3.05) is 27.4 Å². The number of aliphatic carboxylic acids is 2. The van der Waals surface area contributed by atoms with Crippen LogP contribution in [0, 0.1) is 17.8 Å². The van der Waals surface area contributed by atoms with Crippen LogP contribution in [0.2, 0.25) is 0 Å². The number of Topliss-reactive ketones (excluding diaryl/α,β-unsaturated/α-hetero) is 2. The maximum Gasteiger partial charge on any atom is 0.307 e. The lowest BCUT2D eigenvalue weighted by Crippen LogP contribution is -2.13. The highest BCUT2D eigenvalue weighted by Gasteiger charge is 2.48. The van der Waals surface area contributed by atoms with Gasteiger partial charge in [-0.25, -0.2) is 0 Å². The largest absolute Gasteiger partial charge is 0.493 e. The molecule has 2 heterocycles. The van der Waals surface area contributed by atoms with Crippen LogP contribution in [0.25, 0.3) is 20.2 Å². The molecule has 5 rings (SSSR count). The Morgan fingerprint density at radius 3 is 1.81 bits per heavy atom. The summed E-state index contributed by atoms with van der Waals surface area (Å²) in [4.78, 5) is 48.6. The molecular formula is C31H30O10S2. The smallest absolute Gasteiger partial charge is 0.307 e. The fourth-order valence-electron chi connectivity index (χ4n) is 4.73. The fourth-order valence-corrected chi connectivity index (χ4v) is 6.83. The summed E-state index contributed by atoms with van der Waals surface area (Å²) in [6, 6.07) is 10.7. The SMILES string of the molecule is COc1cc2sc(C(=O)C[C@H](C)C(=O)O)cc2cc1OCCCOc1cc2cc(C(=O)[C@H]3C[C@@H]3C(=O)O)sc2cc1OC. The third kappa shape index (κ3) is 6.60. The summed E-state index contributed by atoms with van der Waals surface area (Å²) in [5.41, 5.74) is 0. The lowest BCUT2D eigenvalue weighted by atomic mass is 10.0. The number of hydrogen-bond donors (Lipinski definition) is 2. The molecule has 43 heavy (non-hydrogen) atoms. The van der Waals surface area contributed by atoms with Crippen molar-refractivity contribution in [2.24, 2.45) is 17.8 Å². The first-order valence-electron chi connectivity index (χ1n) is 13.6. The van der Waals surface area contributed by atoms with Crippen molar-refractivity contribution >= 4 is 66.4 Å². The first-order valence-corrected chi connectivity index (χ1v) is 15.2. The number of thiophene rings is 2. The fraction of sp³-hybridized carbons (Fsp3) is 0.355. The molecule has 0 unspecified atom stereocenters. The first-order chi connectivity index (χ1) is 20.6. The van der Waals surface area contributed by atoms with Crippen molar-refractivity contribution in [1.29, 1.82) is 0 Å². The van der Waals surface area contributed by atoms with Crippen molar-refractivity contribution in [2.45, 2.75) is 26.2 Å². The van der Waals surface area contributed by atoms with Gasteiger partial charge >= 0.3 is 11.9 Å². The predicted molar refractivity (Wildman–Crippen MR) is 162 cm³/mol. The van der Waals surface area contributed by atoms with Gasteiger partial charge in [-0.15, -0.1) is 22.7 Å². The number of hydrogen-bond acceptors (Lipinski definition) is 10. The van der Waals surface area contributed by atoms with Crippen LogP contribution in [-0.4, -0.2) is 61.2 Å². The van der Waals surface area contributed by atoms with Gasteiger partial charge in [-0.2, -0.15) is 0 Å². The van der Waals surface area contributed by atoms with Gasteiger partial charge in [0.05, 0.1) is 49.0 Å². The molecule has 2 aromatic heterocycles. The average molecular weight is 627 g/mol. The van der Waals surface area contributed by atoms with E-state index in [1.165, 1.54) is 43.8 Å². The predicted octanol–water partition coefficient (Wildman–Crippen LogP) is 6.18. The van der Waals surface area contributed by atoms with Gasteiger partial charge in [-0.1, -0.05) is 6.92 Å². The van der Waals surface area contributed by atoms with Gasteiger partial charge in [0.2, 0.25) is 0 Å². The van der Waals surface area contributed by atoms with Crippen LogP contribution in [-0.2, 0) is 9.59 Å². The Kier molecular flexibility index (Phi) is 8.88. The van der Waals surface area contributed by atoms with E-state index >= 15 is 0 Å². The van der Waals surface area contributed by atoms with Crippen LogP contribution in [0.4, 0.5) is 0 Å². The third-order valence-electron chi connectivity index (χ3n) is 7.28. The molecule has 3 atom stereocenters. The molecule has 1 aliphatic carbocycles. The molecule has 0 saturated heterocycles. The van der Waals surface area contributed by atoms with Crippen LogP contribution in [0.5, 0.6) is 23.0 Å². The quantitative estimate of drug-likeness (QED) is 0.116. The zero-order valence-electron chi connectivity index (χ0n) is 23.7. The minimum atomic E-state index is -1.01. The lowest BCUT2D eigenvalue weighted by molar-refractivity contribution is -0.141. The third-order valence-corrected chi connectivity index (χ3v) is 9.54. The highest BCUT2D eigenvalue weighted by Crippen LogP contribution is 2.44. The van der Waals surface area contributed by atoms with Gasteiger partial charge in [0.1, 0.15) is 0 Å². The van der Waals surface area contributed by atoms with Gasteiger partial charge in [-0.3, -0.25) is 19.2 Å². The number of benzene rings is 2. The van der Waals surface area contributed by atoms with E-state index in [-0.39, 0.29) is 18.0 Å². The van der Waals surface area contributed by atoms with Gasteiger partial charge in [0.15, 0.2) is 34.6 Å². The summed E-state index contributed by atoms with van der Waals surface area (Å²) in [7, 11) is 3.07. The van der Waals surface area contributed by atoms with E-state index in [1.54, 1.807) is 24.3 Å². The number of ketones is 2. The van der Waals surface area contributed by atoms with Crippen molar-refractivity contribution in [3.63, 3.8) is 0 Å². The van der Waals surface area contributed by atoms with E-state index in [1.807, 2.05) is 12.1 Å². The van der Waals surface area contributed by atoms with Gasteiger partial charge in [0, 0.05) is 40.3 Å². The Bertz CT molecular complexity index is 1720. The molecule has 2 aromatic carbocycles. The summed E-state index contributed by atoms with van der Waals surface area (Å²) in [5, 5.41) is 19.9. The van der Waals surface area contributed by atoms with Crippen LogP contribution in [0.15, 0.2) is 36.4 Å². The molecule has 1 fully saturated rings. The van der Waals surface area contributed by atoms with Crippen LogP contribution >= 0.6 is 22.7 Å². The minimum Gasteiger partial charge on any atom is -0.493 e. The van der Waals surface area contributed by atoms with Crippen LogP contribution < -0.4 is 18.9 Å². The molecular weight excluding hydrogens is 596 g/mol. The topological polar surface area (TPSA) is 146 Å². The number of carboxylic acids is 2. The Morgan fingerprint density at radius 1 is 0.791 bits per heavy atom. The van der Waals surface area contributed by atoms with Crippen molar-refractivity contribution in [3.8, 4) is 23.0 Å². The molecule has 0 spiro atoms. The summed E-state index contributed by atoms with van der Waals surface area (Å²) in [6.07, 6.45) is 0.845. The van der Waals surface area contributed by atoms with E-state index < -0.39 is 29.7 Å². The highest BCUT2D eigenvalue weighted by atomic mass is 32.1. The van der Waals surface area contributed by atoms with Crippen molar-refractivity contribution in [3.05, 3.63) is 46.2 Å². The summed E-state index contributed by atoms with van der Waals surface area (Å²) in [5.74, 6) is -2.04. The number of fused-ring (bicyclic) bond motifs is 2. The van der Waals surface area contributed by atoms with Gasteiger partial charge in [-0.05, 0) is 41.5 Å². The maximum absolute atomic E-state index is 12.7. The summed E-state index contributed by atoms with van der Waals surface area (Å²) in [6.45, 7) is 2.15. The molecule has 4 aromatic rings. The Morgan fingerprint density at radius 2 is 1.33 bits per heavy atom. The molecule has 10 nitrogen and oxygen atoms in total. The average Bonchev–Trinajstić information content (AvgIpc) is 3.52. The molecule has 226 valence electrons. The van der Waals surface area contributed by atoms with Crippen molar-refractivity contribution in [1.82, 2.24) is 0 Å². The Labute approximate surface area is 254 Å². The standard InChI is InChI=1S/C31H30O10S2/c1-15(30(34)35)7-20(32)27-10-16-8-23(21(38-2)13-25(16)42-27)40-5-4-6-41-24-9-17-11-28(43-26(17)14-22(24)39-3)29(33)18-12-19(18)31(36)37/h8-11,13-15,18-19H,4-7,12H2,1-3H3,(H,34,35)(H,36,37)/t15-,18-,19-/m0/s1. The monoisotopic (exact) mass is 626 g/mol. The Balaban J connectivity index is 1.20. The van der Waals surface area contributed by atoms with E-state index in [0.29, 0.717) is 58.8 Å².